The lowest BCUT2D eigenvalue weighted by molar-refractivity contribution is 0.0783. The van der Waals surface area contributed by atoms with Crippen molar-refractivity contribution in [2.75, 3.05) is 13.1 Å². The van der Waals surface area contributed by atoms with Gasteiger partial charge in [-0.2, -0.15) is 4.98 Å². The molecule has 33 heavy (non-hydrogen) atoms. The predicted octanol–water partition coefficient (Wildman–Crippen LogP) is 4.08. The number of benzene rings is 2. The normalized spacial score (nSPS) is 16.8. The van der Waals surface area contributed by atoms with E-state index in [9.17, 15) is 4.79 Å². The van der Waals surface area contributed by atoms with Gasteiger partial charge in [0, 0.05) is 31.9 Å². The van der Waals surface area contributed by atoms with Crippen molar-refractivity contribution in [3.63, 3.8) is 0 Å². The summed E-state index contributed by atoms with van der Waals surface area (Å²) in [4.78, 5) is 24.2. The summed E-state index contributed by atoms with van der Waals surface area (Å²) in [7, 11) is 1.86. The standard InChI is InChI=1S/C26H27N5O2/c1-30-16-14-27-26(30)24(32)21-13-8-15-31(17-21)18-22-28-25(29-33-22)23(19-9-4-2-5-10-19)20-11-6-3-7-12-20/h2-7,9-12,14,16,21,23H,8,13,15,17-18H2,1H3/t21-/m0/s1. The van der Waals surface area contributed by atoms with E-state index in [-0.39, 0.29) is 17.6 Å². The molecule has 2 aromatic heterocycles. The Balaban J connectivity index is 1.33. The quantitative estimate of drug-likeness (QED) is 0.402. The number of hydrogen-bond donors (Lipinski definition) is 0. The van der Waals surface area contributed by atoms with Crippen molar-refractivity contribution in [3.8, 4) is 0 Å². The lowest BCUT2D eigenvalue weighted by Gasteiger charge is -2.30. The van der Waals surface area contributed by atoms with Crippen molar-refractivity contribution in [1.82, 2.24) is 24.6 Å². The van der Waals surface area contributed by atoms with Gasteiger partial charge >= 0.3 is 0 Å². The van der Waals surface area contributed by atoms with Crippen LogP contribution < -0.4 is 0 Å². The number of hydrogen-bond acceptors (Lipinski definition) is 6. The molecule has 1 fully saturated rings. The topological polar surface area (TPSA) is 77.1 Å². The zero-order valence-corrected chi connectivity index (χ0v) is 18.7. The number of Topliss-reactive ketones (excluding diaryl/α,β-unsaturated/α-hetero) is 1. The highest BCUT2D eigenvalue weighted by Gasteiger charge is 2.30. The van der Waals surface area contributed by atoms with Gasteiger partial charge in [-0.1, -0.05) is 65.8 Å². The third-order valence-electron chi connectivity index (χ3n) is 6.28. The van der Waals surface area contributed by atoms with E-state index in [1.807, 2.05) is 49.6 Å². The third kappa shape index (κ3) is 4.64. The van der Waals surface area contributed by atoms with Gasteiger partial charge in [-0.3, -0.25) is 9.69 Å². The summed E-state index contributed by atoms with van der Waals surface area (Å²) in [5.41, 5.74) is 2.24. The number of carbonyl (C=O) groups is 1. The molecule has 1 aliphatic heterocycles. The van der Waals surface area contributed by atoms with Crippen molar-refractivity contribution in [2.24, 2.45) is 13.0 Å². The Kier molecular flexibility index (Phi) is 6.13. The highest BCUT2D eigenvalue weighted by atomic mass is 16.5. The van der Waals surface area contributed by atoms with Crippen LogP contribution in [0.4, 0.5) is 0 Å². The minimum Gasteiger partial charge on any atom is -0.338 e. The van der Waals surface area contributed by atoms with Gasteiger partial charge in [0.15, 0.2) is 11.6 Å². The van der Waals surface area contributed by atoms with Gasteiger partial charge in [0.1, 0.15) is 0 Å². The second-order valence-electron chi connectivity index (χ2n) is 8.60. The van der Waals surface area contributed by atoms with Crippen LogP contribution in [0.1, 0.15) is 52.2 Å². The van der Waals surface area contributed by atoms with Crippen molar-refractivity contribution in [2.45, 2.75) is 25.3 Å². The molecule has 0 aliphatic carbocycles. The van der Waals surface area contributed by atoms with Crippen LogP contribution in [-0.2, 0) is 13.6 Å². The summed E-state index contributed by atoms with van der Waals surface area (Å²) in [6.07, 6.45) is 5.31. The van der Waals surface area contributed by atoms with Crippen molar-refractivity contribution < 1.29 is 9.32 Å². The molecule has 0 unspecified atom stereocenters. The summed E-state index contributed by atoms with van der Waals surface area (Å²) >= 11 is 0. The number of piperidine rings is 1. The molecule has 5 rings (SSSR count). The number of ketones is 1. The number of aryl methyl sites for hydroxylation is 1. The second kappa shape index (κ2) is 9.50. The predicted molar refractivity (Wildman–Crippen MR) is 124 cm³/mol. The maximum Gasteiger partial charge on any atom is 0.240 e. The molecule has 7 nitrogen and oxygen atoms in total. The molecule has 0 bridgehead atoms. The largest absolute Gasteiger partial charge is 0.338 e. The lowest BCUT2D eigenvalue weighted by atomic mass is 9.91. The van der Waals surface area contributed by atoms with Gasteiger partial charge in [0.2, 0.25) is 11.7 Å². The van der Waals surface area contributed by atoms with Crippen molar-refractivity contribution in [1.29, 1.82) is 0 Å². The van der Waals surface area contributed by atoms with E-state index in [0.717, 1.165) is 30.5 Å². The maximum absolute atomic E-state index is 12.9. The molecule has 168 valence electrons. The maximum atomic E-state index is 12.9. The fourth-order valence-electron chi connectivity index (χ4n) is 4.62. The zero-order chi connectivity index (χ0) is 22.6. The van der Waals surface area contributed by atoms with Crippen LogP contribution in [0.5, 0.6) is 0 Å². The lowest BCUT2D eigenvalue weighted by Crippen LogP contribution is -2.39. The molecule has 4 aromatic rings. The van der Waals surface area contributed by atoms with Gasteiger partial charge in [0.05, 0.1) is 12.5 Å². The Morgan fingerprint density at radius 1 is 1.09 bits per heavy atom. The monoisotopic (exact) mass is 441 g/mol. The molecule has 0 spiro atoms. The number of nitrogens with zero attached hydrogens (tertiary/aromatic N) is 5. The van der Waals surface area contributed by atoms with Crippen molar-refractivity contribution in [3.05, 3.63) is 102 Å². The first-order valence-electron chi connectivity index (χ1n) is 11.4. The molecular weight excluding hydrogens is 414 g/mol. The fourth-order valence-corrected chi connectivity index (χ4v) is 4.62. The minimum absolute atomic E-state index is 0.0661. The first-order chi connectivity index (χ1) is 16.2. The minimum atomic E-state index is -0.0935. The smallest absolute Gasteiger partial charge is 0.240 e. The second-order valence-corrected chi connectivity index (χ2v) is 8.60. The molecular formula is C26H27N5O2. The number of carbonyl (C=O) groups excluding carboxylic acids is 1. The van der Waals surface area contributed by atoms with E-state index in [1.54, 1.807) is 10.8 Å². The van der Waals surface area contributed by atoms with E-state index in [2.05, 4.69) is 39.3 Å². The average molecular weight is 442 g/mol. The summed E-state index contributed by atoms with van der Waals surface area (Å²) in [6.45, 7) is 2.11. The SMILES string of the molecule is Cn1ccnc1C(=O)[C@H]1CCCN(Cc2nc(C(c3ccccc3)c3ccccc3)no2)C1. The van der Waals surface area contributed by atoms with Crippen LogP contribution >= 0.6 is 0 Å². The van der Waals surface area contributed by atoms with Crippen molar-refractivity contribution >= 4 is 5.78 Å². The Morgan fingerprint density at radius 3 is 2.42 bits per heavy atom. The molecule has 7 heteroatoms. The first-order valence-corrected chi connectivity index (χ1v) is 11.4. The molecule has 0 saturated carbocycles. The average Bonchev–Trinajstić information content (AvgIpc) is 3.49. The van der Waals surface area contributed by atoms with E-state index >= 15 is 0 Å². The number of imidazole rings is 1. The molecule has 2 aromatic carbocycles. The molecule has 1 atom stereocenters. The van der Waals surface area contributed by atoms with Crippen LogP contribution in [0.25, 0.3) is 0 Å². The molecule has 1 saturated heterocycles. The molecule has 1 aliphatic rings. The first kappa shape index (κ1) is 21.3. The van der Waals surface area contributed by atoms with E-state index < -0.39 is 0 Å². The Hall–Kier alpha value is -3.58. The van der Waals surface area contributed by atoms with Crippen LogP contribution in [0.15, 0.2) is 77.6 Å². The van der Waals surface area contributed by atoms with Gasteiger partial charge < -0.3 is 9.09 Å². The fraction of sp³-hybridized carbons (Fsp3) is 0.308. The van der Waals surface area contributed by atoms with Crippen LogP contribution in [0, 0.1) is 5.92 Å². The Bertz CT molecular complexity index is 1160. The highest BCUT2D eigenvalue weighted by molar-refractivity contribution is 5.94. The Morgan fingerprint density at radius 2 is 1.79 bits per heavy atom. The number of aromatic nitrogens is 4. The van der Waals surface area contributed by atoms with Crippen LogP contribution in [0.3, 0.4) is 0 Å². The van der Waals surface area contributed by atoms with Gasteiger partial charge in [-0.15, -0.1) is 0 Å². The van der Waals surface area contributed by atoms with Gasteiger partial charge in [-0.05, 0) is 30.5 Å². The molecule has 3 heterocycles. The van der Waals surface area contributed by atoms with Crippen LogP contribution in [-0.4, -0.2) is 43.5 Å². The van der Waals surface area contributed by atoms with E-state index in [4.69, 9.17) is 9.51 Å². The summed E-state index contributed by atoms with van der Waals surface area (Å²) in [5.74, 6) is 1.70. The summed E-state index contributed by atoms with van der Waals surface area (Å²) < 4.78 is 7.46. The number of likely N-dealkylation sites (tertiary alicyclic amines) is 1. The highest BCUT2D eigenvalue weighted by Crippen LogP contribution is 2.30. The number of rotatable bonds is 7. The molecule has 0 radical (unpaired) electrons. The molecule has 0 amide bonds. The zero-order valence-electron chi connectivity index (χ0n) is 18.7. The van der Waals surface area contributed by atoms with E-state index in [1.165, 1.54) is 0 Å². The molecule has 0 N–H and O–H groups in total. The Labute approximate surface area is 193 Å². The third-order valence-corrected chi connectivity index (χ3v) is 6.28. The summed E-state index contributed by atoms with van der Waals surface area (Å²) in [6, 6.07) is 20.5. The van der Waals surface area contributed by atoms with Gasteiger partial charge in [-0.25, -0.2) is 4.98 Å². The summed E-state index contributed by atoms with van der Waals surface area (Å²) in [5, 5.41) is 4.35. The van der Waals surface area contributed by atoms with E-state index in [0.29, 0.717) is 30.6 Å². The van der Waals surface area contributed by atoms with Gasteiger partial charge in [0.25, 0.3) is 0 Å². The van der Waals surface area contributed by atoms with Crippen LogP contribution in [0.2, 0.25) is 0 Å².